The van der Waals surface area contributed by atoms with E-state index in [0.29, 0.717) is 19.4 Å². The number of carboxylic acid groups (broad SMARTS) is 1. The molecule has 1 aliphatic rings. The molecule has 14 heavy (non-hydrogen) atoms. The maximum absolute atomic E-state index is 11.2. The number of carbonyl (C=O) groups is 2. The molecule has 0 aromatic carbocycles. The van der Waals surface area contributed by atoms with Crippen molar-refractivity contribution in [2.75, 3.05) is 13.2 Å². The zero-order valence-electron chi connectivity index (χ0n) is 8.21. The van der Waals surface area contributed by atoms with Crippen molar-refractivity contribution in [1.29, 1.82) is 0 Å². The van der Waals surface area contributed by atoms with Crippen LogP contribution in [0.1, 0.15) is 26.2 Å². The zero-order valence-corrected chi connectivity index (χ0v) is 8.21. The lowest BCUT2D eigenvalue weighted by Gasteiger charge is -2.27. The first kappa shape index (κ1) is 11.0. The topological polar surface area (TPSA) is 75.6 Å². The quantitative estimate of drug-likeness (QED) is 0.681. The standard InChI is InChI=1S/C9H15NO4/c1-2-4-9(8(12)13)6-14-5-3-7(11)10-9/h2-6H2,1H3,(H,10,11)(H,12,13). The summed E-state index contributed by atoms with van der Waals surface area (Å²) in [6.07, 6.45) is 1.32. The lowest BCUT2D eigenvalue weighted by atomic mass is 9.95. The number of carbonyl (C=O) groups excluding carboxylic acids is 1. The Morgan fingerprint density at radius 2 is 2.43 bits per heavy atom. The van der Waals surface area contributed by atoms with Crippen LogP contribution in [0.5, 0.6) is 0 Å². The van der Waals surface area contributed by atoms with Crippen LogP contribution in [0, 0.1) is 0 Å². The normalized spacial score (nSPS) is 27.9. The molecule has 5 nitrogen and oxygen atoms in total. The van der Waals surface area contributed by atoms with Gasteiger partial charge in [-0.15, -0.1) is 0 Å². The maximum atomic E-state index is 11.2. The number of nitrogens with one attached hydrogen (secondary N) is 1. The molecule has 0 spiro atoms. The number of carboxylic acids is 1. The first-order valence-electron chi connectivity index (χ1n) is 4.73. The van der Waals surface area contributed by atoms with E-state index in [-0.39, 0.29) is 18.9 Å². The van der Waals surface area contributed by atoms with E-state index in [1.54, 1.807) is 0 Å². The second-order valence-electron chi connectivity index (χ2n) is 3.49. The Labute approximate surface area is 82.4 Å². The Hall–Kier alpha value is -1.10. The third-order valence-corrected chi connectivity index (χ3v) is 2.29. The Balaban J connectivity index is 2.82. The van der Waals surface area contributed by atoms with Gasteiger partial charge in [0.1, 0.15) is 0 Å². The number of hydrogen-bond acceptors (Lipinski definition) is 3. The molecule has 1 unspecified atom stereocenters. The number of rotatable bonds is 3. The maximum Gasteiger partial charge on any atom is 0.331 e. The number of hydrogen-bond donors (Lipinski definition) is 2. The van der Waals surface area contributed by atoms with Crippen LogP contribution in [0.4, 0.5) is 0 Å². The number of aliphatic carboxylic acids is 1. The van der Waals surface area contributed by atoms with Crippen molar-refractivity contribution in [2.45, 2.75) is 31.7 Å². The Morgan fingerprint density at radius 3 is 3.00 bits per heavy atom. The molecule has 1 aliphatic heterocycles. The molecule has 1 fully saturated rings. The summed E-state index contributed by atoms with van der Waals surface area (Å²) in [5.41, 5.74) is -1.22. The molecule has 2 N–H and O–H groups in total. The van der Waals surface area contributed by atoms with Crippen LogP contribution in [0.25, 0.3) is 0 Å². The van der Waals surface area contributed by atoms with Crippen molar-refractivity contribution in [1.82, 2.24) is 5.32 Å². The monoisotopic (exact) mass is 201 g/mol. The first-order chi connectivity index (χ1) is 6.60. The molecule has 0 aromatic heterocycles. The molecule has 1 heterocycles. The van der Waals surface area contributed by atoms with E-state index >= 15 is 0 Å². The fourth-order valence-corrected chi connectivity index (χ4v) is 1.56. The van der Waals surface area contributed by atoms with Crippen molar-refractivity contribution in [3.63, 3.8) is 0 Å². The largest absolute Gasteiger partial charge is 0.479 e. The van der Waals surface area contributed by atoms with Crippen LogP contribution in [0.15, 0.2) is 0 Å². The second-order valence-corrected chi connectivity index (χ2v) is 3.49. The van der Waals surface area contributed by atoms with E-state index in [1.807, 2.05) is 6.92 Å². The molecule has 80 valence electrons. The van der Waals surface area contributed by atoms with Crippen molar-refractivity contribution < 1.29 is 19.4 Å². The molecule has 0 aromatic rings. The number of amides is 1. The Kier molecular flexibility index (Phi) is 3.46. The summed E-state index contributed by atoms with van der Waals surface area (Å²) in [7, 11) is 0. The van der Waals surface area contributed by atoms with Gasteiger partial charge < -0.3 is 15.2 Å². The Morgan fingerprint density at radius 1 is 1.71 bits per heavy atom. The fourth-order valence-electron chi connectivity index (χ4n) is 1.56. The first-order valence-corrected chi connectivity index (χ1v) is 4.73. The SMILES string of the molecule is CCCC1(C(=O)O)COCCC(=O)N1. The highest BCUT2D eigenvalue weighted by atomic mass is 16.5. The van der Waals surface area contributed by atoms with Gasteiger partial charge in [0.05, 0.1) is 13.2 Å². The highest BCUT2D eigenvalue weighted by Gasteiger charge is 2.40. The van der Waals surface area contributed by atoms with E-state index in [1.165, 1.54) is 0 Å². The second kappa shape index (κ2) is 4.41. The van der Waals surface area contributed by atoms with Crippen molar-refractivity contribution in [3.05, 3.63) is 0 Å². The average Bonchev–Trinajstić information content (AvgIpc) is 2.29. The van der Waals surface area contributed by atoms with Crippen LogP contribution in [0.3, 0.4) is 0 Å². The fraction of sp³-hybridized carbons (Fsp3) is 0.778. The minimum atomic E-state index is -1.22. The van der Waals surface area contributed by atoms with Gasteiger partial charge in [-0.1, -0.05) is 13.3 Å². The number of ether oxygens (including phenoxy) is 1. The lowest BCUT2D eigenvalue weighted by molar-refractivity contribution is -0.149. The summed E-state index contributed by atoms with van der Waals surface area (Å²) in [5, 5.41) is 11.6. The van der Waals surface area contributed by atoms with Gasteiger partial charge in [-0.3, -0.25) is 4.79 Å². The molecule has 0 bridgehead atoms. The van der Waals surface area contributed by atoms with Crippen LogP contribution in [-0.4, -0.2) is 35.7 Å². The molecule has 1 saturated heterocycles. The van der Waals surface area contributed by atoms with Crippen molar-refractivity contribution in [3.8, 4) is 0 Å². The summed E-state index contributed by atoms with van der Waals surface area (Å²) in [6.45, 7) is 2.23. The third kappa shape index (κ3) is 2.23. The van der Waals surface area contributed by atoms with Gasteiger partial charge in [0.15, 0.2) is 5.54 Å². The molecule has 1 atom stereocenters. The summed E-state index contributed by atoms with van der Waals surface area (Å²) < 4.78 is 5.13. The van der Waals surface area contributed by atoms with Crippen molar-refractivity contribution in [2.24, 2.45) is 0 Å². The summed E-state index contributed by atoms with van der Waals surface area (Å²) in [5.74, 6) is -1.27. The van der Waals surface area contributed by atoms with Gasteiger partial charge >= 0.3 is 5.97 Å². The lowest BCUT2D eigenvalue weighted by Crippen LogP contribution is -2.56. The molecule has 0 aliphatic carbocycles. The predicted octanol–water partition coefficient (Wildman–Crippen LogP) is 0.146. The van der Waals surface area contributed by atoms with Gasteiger partial charge in [-0.2, -0.15) is 0 Å². The zero-order chi connectivity index (χ0) is 10.6. The van der Waals surface area contributed by atoms with Crippen LogP contribution in [0.2, 0.25) is 0 Å². The van der Waals surface area contributed by atoms with Crippen LogP contribution >= 0.6 is 0 Å². The molecular formula is C9H15NO4. The van der Waals surface area contributed by atoms with Crippen LogP contribution < -0.4 is 5.32 Å². The van der Waals surface area contributed by atoms with Gasteiger partial charge in [0.25, 0.3) is 0 Å². The van der Waals surface area contributed by atoms with E-state index in [9.17, 15) is 9.59 Å². The third-order valence-electron chi connectivity index (χ3n) is 2.29. The minimum Gasteiger partial charge on any atom is -0.479 e. The van der Waals surface area contributed by atoms with E-state index < -0.39 is 11.5 Å². The predicted molar refractivity (Wildman–Crippen MR) is 48.9 cm³/mol. The highest BCUT2D eigenvalue weighted by molar-refractivity contribution is 5.87. The van der Waals surface area contributed by atoms with E-state index in [4.69, 9.17) is 9.84 Å². The molecule has 5 heteroatoms. The van der Waals surface area contributed by atoms with Gasteiger partial charge in [0, 0.05) is 6.42 Å². The summed E-state index contributed by atoms with van der Waals surface area (Å²) in [4.78, 5) is 22.3. The minimum absolute atomic E-state index is 0.0575. The van der Waals surface area contributed by atoms with Gasteiger partial charge in [-0.25, -0.2) is 4.79 Å². The summed E-state index contributed by atoms with van der Waals surface area (Å²) in [6, 6.07) is 0. The molecule has 0 radical (unpaired) electrons. The molecular weight excluding hydrogens is 186 g/mol. The van der Waals surface area contributed by atoms with Gasteiger partial charge in [-0.05, 0) is 6.42 Å². The van der Waals surface area contributed by atoms with E-state index in [0.717, 1.165) is 0 Å². The van der Waals surface area contributed by atoms with E-state index in [2.05, 4.69) is 5.32 Å². The molecule has 1 rings (SSSR count). The highest BCUT2D eigenvalue weighted by Crippen LogP contribution is 2.17. The molecule has 1 amide bonds. The molecule has 0 saturated carbocycles. The van der Waals surface area contributed by atoms with Gasteiger partial charge in [0.2, 0.25) is 5.91 Å². The Bertz CT molecular complexity index is 241. The summed E-state index contributed by atoms with van der Waals surface area (Å²) >= 11 is 0. The average molecular weight is 201 g/mol. The van der Waals surface area contributed by atoms with Crippen LogP contribution in [-0.2, 0) is 14.3 Å². The smallest absolute Gasteiger partial charge is 0.331 e. The van der Waals surface area contributed by atoms with Crippen molar-refractivity contribution >= 4 is 11.9 Å².